The van der Waals surface area contributed by atoms with Crippen LogP contribution in [0.2, 0.25) is 10.0 Å². The molecule has 0 spiro atoms. The second-order valence-corrected chi connectivity index (χ2v) is 8.45. The van der Waals surface area contributed by atoms with Crippen molar-refractivity contribution in [3.63, 3.8) is 0 Å². The third-order valence-corrected chi connectivity index (χ3v) is 5.55. The highest BCUT2D eigenvalue weighted by Gasteiger charge is 2.36. The zero-order valence-electron chi connectivity index (χ0n) is 16.1. The molecule has 7 nitrogen and oxygen atoms in total. The van der Waals surface area contributed by atoms with E-state index in [-0.39, 0.29) is 22.2 Å². The van der Waals surface area contributed by atoms with E-state index >= 15 is 0 Å². The lowest BCUT2D eigenvalue weighted by Gasteiger charge is -2.09. The molecule has 0 saturated carbocycles. The molecule has 13 heteroatoms. The topological polar surface area (TPSA) is 77.1 Å². The highest BCUT2D eigenvalue weighted by molar-refractivity contribution is 9.10. The normalized spacial score (nSPS) is 11.8. The van der Waals surface area contributed by atoms with Gasteiger partial charge >= 0.3 is 6.18 Å². The van der Waals surface area contributed by atoms with Crippen molar-refractivity contribution in [2.45, 2.75) is 19.6 Å². The molecule has 0 saturated heterocycles. The Balaban J connectivity index is 1.62. The van der Waals surface area contributed by atoms with Crippen molar-refractivity contribution in [2.75, 3.05) is 5.32 Å². The van der Waals surface area contributed by atoms with Crippen LogP contribution in [0.25, 0.3) is 5.65 Å². The summed E-state index contributed by atoms with van der Waals surface area (Å²) in [5.41, 5.74) is -0.755. The molecule has 0 atom stereocenters. The van der Waals surface area contributed by atoms with Crippen molar-refractivity contribution in [1.82, 2.24) is 24.4 Å². The maximum Gasteiger partial charge on any atom is 0.433 e. The van der Waals surface area contributed by atoms with Crippen LogP contribution in [0, 0.1) is 6.92 Å². The number of fused-ring (bicyclic) bond motifs is 1. The molecule has 1 N–H and O–H groups in total. The molecule has 3 aromatic heterocycles. The van der Waals surface area contributed by atoms with Gasteiger partial charge in [0, 0.05) is 16.9 Å². The summed E-state index contributed by atoms with van der Waals surface area (Å²) in [5, 5.41) is 10.8. The number of halogens is 6. The number of carbonyl (C=O) groups is 1. The maximum atomic E-state index is 13.4. The van der Waals surface area contributed by atoms with Crippen LogP contribution in [0.15, 0.2) is 41.0 Å². The number of hydrogen-bond acceptors (Lipinski definition) is 4. The molecule has 0 aliphatic carbocycles. The minimum absolute atomic E-state index is 0.0854. The number of benzene rings is 1. The minimum atomic E-state index is -4.71. The van der Waals surface area contributed by atoms with Crippen LogP contribution in [-0.2, 0) is 12.7 Å². The average molecular weight is 548 g/mol. The average Bonchev–Trinajstić information content (AvgIpc) is 3.22. The number of nitrogens with zero attached hydrogens (tertiary/aromatic N) is 5. The molecule has 166 valence electrons. The fourth-order valence-electron chi connectivity index (χ4n) is 2.97. The molecule has 3 heterocycles. The summed E-state index contributed by atoms with van der Waals surface area (Å²) >= 11 is 15.3. The molecule has 0 aliphatic heterocycles. The summed E-state index contributed by atoms with van der Waals surface area (Å²) in [7, 11) is 0. The van der Waals surface area contributed by atoms with Crippen molar-refractivity contribution >= 4 is 56.5 Å². The Hall–Kier alpha value is -2.63. The van der Waals surface area contributed by atoms with Crippen molar-refractivity contribution in [3.05, 3.63) is 73.7 Å². The quantitative estimate of drug-likeness (QED) is 0.359. The Morgan fingerprint density at radius 2 is 1.88 bits per heavy atom. The Labute approximate surface area is 197 Å². The van der Waals surface area contributed by atoms with Crippen LogP contribution in [0.4, 0.5) is 19.0 Å². The maximum absolute atomic E-state index is 13.4. The van der Waals surface area contributed by atoms with E-state index < -0.39 is 23.5 Å². The molecule has 4 rings (SSSR count). The molecule has 0 radical (unpaired) electrons. The Morgan fingerprint density at radius 3 is 2.53 bits per heavy atom. The van der Waals surface area contributed by atoms with Gasteiger partial charge in [-0.25, -0.2) is 9.50 Å². The van der Waals surface area contributed by atoms with Crippen LogP contribution in [0.5, 0.6) is 0 Å². The highest BCUT2D eigenvalue weighted by atomic mass is 79.9. The largest absolute Gasteiger partial charge is 0.433 e. The Kier molecular flexibility index (Phi) is 5.91. The lowest BCUT2D eigenvalue weighted by atomic mass is 10.2. The van der Waals surface area contributed by atoms with Gasteiger partial charge in [-0.3, -0.25) is 9.48 Å². The lowest BCUT2D eigenvalue weighted by molar-refractivity contribution is -0.142. The predicted octanol–water partition coefficient (Wildman–Crippen LogP) is 5.62. The zero-order chi connectivity index (χ0) is 23.2. The molecular weight excluding hydrogens is 536 g/mol. The van der Waals surface area contributed by atoms with E-state index in [1.807, 2.05) is 12.1 Å². The van der Waals surface area contributed by atoms with Crippen LogP contribution < -0.4 is 5.32 Å². The summed E-state index contributed by atoms with van der Waals surface area (Å²) in [6.45, 7) is 1.79. The molecule has 1 aromatic carbocycles. The van der Waals surface area contributed by atoms with E-state index in [9.17, 15) is 18.0 Å². The van der Waals surface area contributed by atoms with Gasteiger partial charge in [-0.05, 0) is 46.6 Å². The monoisotopic (exact) mass is 546 g/mol. The van der Waals surface area contributed by atoms with Gasteiger partial charge < -0.3 is 5.32 Å². The highest BCUT2D eigenvalue weighted by Crippen LogP contribution is 2.32. The first-order valence-electron chi connectivity index (χ1n) is 8.95. The summed E-state index contributed by atoms with van der Waals surface area (Å²) in [4.78, 5) is 16.7. The molecular formula is C19H12BrCl2F3N6O. The van der Waals surface area contributed by atoms with E-state index in [4.69, 9.17) is 23.2 Å². The van der Waals surface area contributed by atoms with E-state index in [0.29, 0.717) is 20.6 Å². The third kappa shape index (κ3) is 4.45. The fraction of sp³-hybridized carbons (Fsp3) is 0.158. The van der Waals surface area contributed by atoms with Crippen molar-refractivity contribution in [2.24, 2.45) is 0 Å². The Bertz CT molecular complexity index is 1330. The SMILES string of the molecule is Cc1cc(C(F)(F)F)n2nc(C(=O)Nc3nn(Cc4ccc(Cl)cc4)cc3Br)c(Cl)c2n1. The first-order chi connectivity index (χ1) is 15.0. The second-order valence-electron chi connectivity index (χ2n) is 6.78. The molecule has 0 aliphatic rings. The van der Waals surface area contributed by atoms with Gasteiger partial charge in [0.2, 0.25) is 0 Å². The number of alkyl halides is 3. The first-order valence-corrected chi connectivity index (χ1v) is 10.5. The fourth-order valence-corrected chi connectivity index (χ4v) is 3.75. The molecule has 1 amide bonds. The van der Waals surface area contributed by atoms with Gasteiger partial charge in [-0.1, -0.05) is 35.3 Å². The van der Waals surface area contributed by atoms with Crippen LogP contribution >= 0.6 is 39.1 Å². The van der Waals surface area contributed by atoms with Gasteiger partial charge in [0.1, 0.15) is 10.7 Å². The lowest BCUT2D eigenvalue weighted by Crippen LogP contribution is -2.16. The number of aryl methyl sites for hydroxylation is 1. The number of amides is 1. The number of rotatable bonds is 4. The molecule has 4 aromatic rings. The third-order valence-electron chi connectivity index (χ3n) is 4.37. The number of aromatic nitrogens is 5. The van der Waals surface area contributed by atoms with Crippen molar-refractivity contribution < 1.29 is 18.0 Å². The predicted molar refractivity (Wildman–Crippen MR) is 116 cm³/mol. The smallest absolute Gasteiger partial charge is 0.303 e. The summed E-state index contributed by atoms with van der Waals surface area (Å²) in [6, 6.07) is 7.98. The van der Waals surface area contributed by atoms with Gasteiger partial charge in [0.05, 0.1) is 11.0 Å². The summed E-state index contributed by atoms with van der Waals surface area (Å²) in [5.74, 6) is -0.680. The molecule has 32 heavy (non-hydrogen) atoms. The first kappa shape index (κ1) is 22.6. The molecule has 0 unspecified atom stereocenters. The van der Waals surface area contributed by atoms with Crippen molar-refractivity contribution in [3.8, 4) is 0 Å². The summed E-state index contributed by atoms with van der Waals surface area (Å²) < 4.78 is 42.7. The molecule has 0 fully saturated rings. The van der Waals surface area contributed by atoms with E-state index in [1.54, 1.807) is 23.0 Å². The van der Waals surface area contributed by atoms with E-state index in [2.05, 4.69) is 36.4 Å². The Morgan fingerprint density at radius 1 is 1.19 bits per heavy atom. The van der Waals surface area contributed by atoms with Crippen LogP contribution in [-0.4, -0.2) is 30.3 Å². The van der Waals surface area contributed by atoms with Gasteiger partial charge in [-0.2, -0.15) is 23.4 Å². The standard InChI is InChI=1S/C19H12BrCl2F3N6O/c1-9-6-13(19(23,24)25)31-17(26-9)14(22)15(28-31)18(32)27-16-12(20)8-30(29-16)7-10-2-4-11(21)5-3-10/h2-6,8H,7H2,1H3,(H,27,29,32). The van der Waals surface area contributed by atoms with Crippen molar-refractivity contribution in [1.29, 1.82) is 0 Å². The van der Waals surface area contributed by atoms with Gasteiger partial charge in [0.25, 0.3) is 5.91 Å². The van der Waals surface area contributed by atoms with E-state index in [1.165, 1.54) is 6.92 Å². The zero-order valence-corrected chi connectivity index (χ0v) is 19.2. The van der Waals surface area contributed by atoms with E-state index in [0.717, 1.165) is 11.6 Å². The number of carbonyl (C=O) groups excluding carboxylic acids is 1. The number of hydrogen-bond donors (Lipinski definition) is 1. The molecule has 0 bridgehead atoms. The van der Waals surface area contributed by atoms with Gasteiger partial charge in [0.15, 0.2) is 17.2 Å². The summed E-state index contributed by atoms with van der Waals surface area (Å²) in [6.07, 6.45) is -3.07. The second kappa shape index (κ2) is 8.38. The number of anilines is 1. The van der Waals surface area contributed by atoms with Crippen LogP contribution in [0.1, 0.15) is 27.4 Å². The number of nitrogens with one attached hydrogen (secondary N) is 1. The van der Waals surface area contributed by atoms with Crippen LogP contribution in [0.3, 0.4) is 0 Å². The van der Waals surface area contributed by atoms with Gasteiger partial charge in [-0.15, -0.1) is 0 Å². The minimum Gasteiger partial charge on any atom is -0.303 e.